The summed E-state index contributed by atoms with van der Waals surface area (Å²) < 4.78 is 10.4. The van der Waals surface area contributed by atoms with Crippen LogP contribution in [0.15, 0.2) is 42.0 Å². The van der Waals surface area contributed by atoms with E-state index < -0.39 is 0 Å². The predicted molar refractivity (Wildman–Crippen MR) is 94.9 cm³/mol. The SMILES string of the molecule is COc1ccc(OC)c(NC(=O)c2csc(Nc3ncccn3)n2)c1. The molecule has 0 saturated carbocycles. The molecule has 0 unspecified atom stereocenters. The first kappa shape index (κ1) is 16.7. The summed E-state index contributed by atoms with van der Waals surface area (Å²) in [6, 6.07) is 6.86. The molecule has 3 aromatic rings. The van der Waals surface area contributed by atoms with Gasteiger partial charge < -0.3 is 20.1 Å². The Hall–Kier alpha value is -3.20. The predicted octanol–water partition coefficient (Wildman–Crippen LogP) is 2.95. The fourth-order valence-electron chi connectivity index (χ4n) is 1.99. The minimum Gasteiger partial charge on any atom is -0.497 e. The summed E-state index contributed by atoms with van der Waals surface area (Å²) in [5, 5.41) is 7.88. The molecule has 2 heterocycles. The highest BCUT2D eigenvalue weighted by Crippen LogP contribution is 2.29. The molecule has 0 aliphatic rings. The molecule has 1 aromatic carbocycles. The summed E-state index contributed by atoms with van der Waals surface area (Å²) in [6.45, 7) is 0. The number of nitrogens with one attached hydrogen (secondary N) is 2. The molecule has 8 nitrogen and oxygen atoms in total. The number of carbonyl (C=O) groups is 1. The van der Waals surface area contributed by atoms with Gasteiger partial charge in [0.2, 0.25) is 5.95 Å². The summed E-state index contributed by atoms with van der Waals surface area (Å²) >= 11 is 1.28. The maximum Gasteiger partial charge on any atom is 0.275 e. The maximum atomic E-state index is 12.4. The van der Waals surface area contributed by atoms with Gasteiger partial charge in [-0.15, -0.1) is 11.3 Å². The largest absolute Gasteiger partial charge is 0.497 e. The molecule has 0 atom stereocenters. The molecule has 0 fully saturated rings. The Bertz CT molecular complexity index is 869. The first-order valence-corrected chi connectivity index (χ1v) is 8.10. The first-order chi connectivity index (χ1) is 12.2. The van der Waals surface area contributed by atoms with Gasteiger partial charge in [-0.1, -0.05) is 0 Å². The van der Waals surface area contributed by atoms with Gasteiger partial charge >= 0.3 is 0 Å². The van der Waals surface area contributed by atoms with Crippen LogP contribution in [0.4, 0.5) is 16.8 Å². The van der Waals surface area contributed by atoms with Crippen LogP contribution in [0.5, 0.6) is 11.5 Å². The van der Waals surface area contributed by atoms with Gasteiger partial charge in [0.1, 0.15) is 17.2 Å². The molecule has 0 saturated heterocycles. The Balaban J connectivity index is 1.74. The molecule has 0 radical (unpaired) electrons. The lowest BCUT2D eigenvalue weighted by molar-refractivity contribution is 0.102. The van der Waals surface area contributed by atoms with Crippen LogP contribution in [0, 0.1) is 0 Å². The molecular formula is C16H15N5O3S. The van der Waals surface area contributed by atoms with Gasteiger partial charge in [0.15, 0.2) is 5.13 Å². The zero-order valence-electron chi connectivity index (χ0n) is 13.5. The summed E-state index contributed by atoms with van der Waals surface area (Å²) in [6.07, 6.45) is 3.23. The van der Waals surface area contributed by atoms with Crippen molar-refractivity contribution in [3.63, 3.8) is 0 Å². The van der Waals surface area contributed by atoms with E-state index in [1.807, 2.05) is 0 Å². The molecule has 0 aliphatic heterocycles. The van der Waals surface area contributed by atoms with Crippen molar-refractivity contribution in [2.45, 2.75) is 0 Å². The van der Waals surface area contributed by atoms with Gasteiger partial charge in [-0.25, -0.2) is 15.0 Å². The van der Waals surface area contributed by atoms with Gasteiger partial charge in [0.05, 0.1) is 19.9 Å². The number of ether oxygens (including phenoxy) is 2. The molecule has 128 valence electrons. The molecule has 3 rings (SSSR count). The molecule has 25 heavy (non-hydrogen) atoms. The summed E-state index contributed by atoms with van der Waals surface area (Å²) in [7, 11) is 3.08. The number of hydrogen-bond donors (Lipinski definition) is 2. The number of aromatic nitrogens is 3. The molecule has 2 aromatic heterocycles. The van der Waals surface area contributed by atoms with Crippen LogP contribution >= 0.6 is 11.3 Å². The summed E-state index contributed by atoms with van der Waals surface area (Å²) in [4.78, 5) is 24.8. The van der Waals surface area contributed by atoms with Crippen LogP contribution in [0.3, 0.4) is 0 Å². The van der Waals surface area contributed by atoms with E-state index in [0.717, 1.165) is 0 Å². The molecular weight excluding hydrogens is 342 g/mol. The second-order valence-corrected chi connectivity index (χ2v) is 5.61. The topological polar surface area (TPSA) is 98.3 Å². The zero-order valence-corrected chi connectivity index (χ0v) is 14.3. The third-order valence-corrected chi connectivity index (χ3v) is 3.93. The fraction of sp³-hybridized carbons (Fsp3) is 0.125. The fourth-order valence-corrected chi connectivity index (χ4v) is 2.68. The van der Waals surface area contributed by atoms with E-state index in [0.29, 0.717) is 28.3 Å². The molecule has 0 aliphatic carbocycles. The highest BCUT2D eigenvalue weighted by molar-refractivity contribution is 7.14. The minimum atomic E-state index is -0.357. The number of amides is 1. The van der Waals surface area contributed by atoms with Crippen molar-refractivity contribution in [1.29, 1.82) is 0 Å². The van der Waals surface area contributed by atoms with Crippen molar-refractivity contribution in [3.8, 4) is 11.5 Å². The number of hydrogen-bond acceptors (Lipinski definition) is 8. The van der Waals surface area contributed by atoms with Crippen molar-refractivity contribution in [1.82, 2.24) is 15.0 Å². The third kappa shape index (κ3) is 4.01. The Morgan fingerprint density at radius 1 is 1.16 bits per heavy atom. The van der Waals surface area contributed by atoms with E-state index in [-0.39, 0.29) is 11.6 Å². The lowest BCUT2D eigenvalue weighted by Gasteiger charge is -2.10. The van der Waals surface area contributed by atoms with E-state index in [9.17, 15) is 4.79 Å². The number of nitrogens with zero attached hydrogens (tertiary/aromatic N) is 3. The zero-order chi connectivity index (χ0) is 17.6. The minimum absolute atomic E-state index is 0.272. The number of thiazole rings is 1. The van der Waals surface area contributed by atoms with Crippen LogP contribution in [-0.2, 0) is 0 Å². The van der Waals surface area contributed by atoms with Crippen LogP contribution < -0.4 is 20.1 Å². The van der Waals surface area contributed by atoms with Crippen molar-refractivity contribution < 1.29 is 14.3 Å². The van der Waals surface area contributed by atoms with Crippen LogP contribution in [0.2, 0.25) is 0 Å². The van der Waals surface area contributed by atoms with Crippen LogP contribution in [0.1, 0.15) is 10.5 Å². The smallest absolute Gasteiger partial charge is 0.275 e. The standard InChI is InChI=1S/C16H15N5O3S/c1-23-10-4-5-13(24-2)11(8-10)19-14(22)12-9-25-16(20-12)21-15-17-6-3-7-18-15/h3-9H,1-2H3,(H,19,22)(H,17,18,20,21). The van der Waals surface area contributed by atoms with E-state index in [2.05, 4.69) is 25.6 Å². The van der Waals surface area contributed by atoms with E-state index in [4.69, 9.17) is 9.47 Å². The Labute approximate surface area is 147 Å². The molecule has 2 N–H and O–H groups in total. The molecule has 0 spiro atoms. The lowest BCUT2D eigenvalue weighted by Crippen LogP contribution is -2.13. The van der Waals surface area contributed by atoms with Crippen molar-refractivity contribution in [2.24, 2.45) is 0 Å². The Morgan fingerprint density at radius 3 is 2.68 bits per heavy atom. The Morgan fingerprint density at radius 2 is 1.96 bits per heavy atom. The van der Waals surface area contributed by atoms with Gasteiger partial charge in [-0.05, 0) is 18.2 Å². The molecule has 0 bridgehead atoms. The van der Waals surface area contributed by atoms with Gasteiger partial charge in [0.25, 0.3) is 5.91 Å². The molecule has 1 amide bonds. The number of benzene rings is 1. The number of anilines is 3. The normalized spacial score (nSPS) is 10.2. The summed E-state index contributed by atoms with van der Waals surface area (Å²) in [5.41, 5.74) is 0.772. The maximum absolute atomic E-state index is 12.4. The third-order valence-electron chi connectivity index (χ3n) is 3.18. The van der Waals surface area contributed by atoms with Gasteiger partial charge in [0, 0.05) is 23.8 Å². The van der Waals surface area contributed by atoms with Crippen molar-refractivity contribution in [3.05, 3.63) is 47.7 Å². The van der Waals surface area contributed by atoms with Gasteiger partial charge in [-0.3, -0.25) is 4.79 Å². The lowest BCUT2D eigenvalue weighted by atomic mass is 10.2. The summed E-state index contributed by atoms with van der Waals surface area (Å²) in [5.74, 6) is 1.20. The highest BCUT2D eigenvalue weighted by Gasteiger charge is 2.14. The first-order valence-electron chi connectivity index (χ1n) is 7.22. The van der Waals surface area contributed by atoms with Crippen molar-refractivity contribution in [2.75, 3.05) is 24.9 Å². The second kappa shape index (κ2) is 7.58. The number of rotatable bonds is 6. The quantitative estimate of drug-likeness (QED) is 0.700. The van der Waals surface area contributed by atoms with Crippen LogP contribution in [-0.4, -0.2) is 35.1 Å². The molecule has 9 heteroatoms. The van der Waals surface area contributed by atoms with E-state index in [1.165, 1.54) is 18.4 Å². The monoisotopic (exact) mass is 357 g/mol. The van der Waals surface area contributed by atoms with Crippen LogP contribution in [0.25, 0.3) is 0 Å². The van der Waals surface area contributed by atoms with Crippen molar-refractivity contribution >= 4 is 34.0 Å². The van der Waals surface area contributed by atoms with E-state index >= 15 is 0 Å². The number of methoxy groups -OCH3 is 2. The average Bonchev–Trinajstić information content (AvgIpc) is 3.11. The van der Waals surface area contributed by atoms with Gasteiger partial charge in [-0.2, -0.15) is 0 Å². The Kier molecular flexibility index (Phi) is 5.05. The number of carbonyl (C=O) groups excluding carboxylic acids is 1. The highest BCUT2D eigenvalue weighted by atomic mass is 32.1. The van der Waals surface area contributed by atoms with E-state index in [1.54, 1.807) is 49.1 Å². The average molecular weight is 357 g/mol. The second-order valence-electron chi connectivity index (χ2n) is 4.76.